The highest BCUT2D eigenvalue weighted by molar-refractivity contribution is 5.86. The number of benzene rings is 1. The monoisotopic (exact) mass is 445 g/mol. The molecule has 3 aliphatic rings. The second kappa shape index (κ2) is 7.55. The largest absolute Gasteiger partial charge is 0.377 e. The molecular formula is C24H27N7O2. The Morgan fingerprint density at radius 2 is 1.97 bits per heavy atom. The Hall–Kier alpha value is -3.46. The van der Waals surface area contributed by atoms with Gasteiger partial charge in [0.05, 0.1) is 43.2 Å². The van der Waals surface area contributed by atoms with Crippen LogP contribution in [-0.4, -0.2) is 44.9 Å². The second-order valence-electron chi connectivity index (χ2n) is 9.29. The van der Waals surface area contributed by atoms with Gasteiger partial charge >= 0.3 is 0 Å². The first-order valence-electron chi connectivity index (χ1n) is 11.4. The summed E-state index contributed by atoms with van der Waals surface area (Å²) in [5.41, 5.74) is 9.71. The SMILES string of the molecule is CC1N=C(N)NC=C1c1ccc(C(C)(c2noc(-c3cncn3C3COC3)n2)C2CC2)cc1. The maximum absolute atomic E-state index is 5.79. The average molecular weight is 446 g/mol. The zero-order chi connectivity index (χ0) is 22.6. The van der Waals surface area contributed by atoms with Crippen LogP contribution in [0.4, 0.5) is 0 Å². The third-order valence-corrected chi connectivity index (χ3v) is 7.16. The fourth-order valence-electron chi connectivity index (χ4n) is 4.81. The van der Waals surface area contributed by atoms with E-state index < -0.39 is 0 Å². The lowest BCUT2D eigenvalue weighted by Gasteiger charge is -2.28. The maximum atomic E-state index is 5.79. The second-order valence-corrected chi connectivity index (χ2v) is 9.29. The van der Waals surface area contributed by atoms with Crippen molar-refractivity contribution in [3.63, 3.8) is 0 Å². The number of aromatic nitrogens is 4. The number of nitrogens with two attached hydrogens (primary N) is 1. The molecule has 0 bridgehead atoms. The van der Waals surface area contributed by atoms with E-state index >= 15 is 0 Å². The number of hydrogen-bond donors (Lipinski definition) is 2. The third kappa shape index (κ3) is 3.34. The molecule has 2 aliphatic heterocycles. The van der Waals surface area contributed by atoms with Gasteiger partial charge in [0.25, 0.3) is 5.89 Å². The van der Waals surface area contributed by atoms with E-state index in [9.17, 15) is 0 Å². The van der Waals surface area contributed by atoms with Crippen molar-refractivity contribution in [1.29, 1.82) is 0 Å². The molecule has 2 fully saturated rings. The molecule has 0 radical (unpaired) electrons. The molecule has 2 aromatic heterocycles. The fraction of sp³-hybridized carbons (Fsp3) is 0.417. The van der Waals surface area contributed by atoms with Crippen molar-refractivity contribution in [2.24, 2.45) is 16.6 Å². The standard InChI is InChI=1S/C24H27N7O2/c1-14-19(9-27-23(25)28-14)15-3-5-16(6-4-15)24(2,17-7-8-17)22-29-21(33-30-22)20-10-26-13-31(20)18-11-32-12-18/h3-6,9-10,13-14,17-18H,7-8,11-12H2,1-2H3,(H3,25,27,28). The van der Waals surface area contributed by atoms with Crippen molar-refractivity contribution in [3.8, 4) is 11.6 Å². The first-order chi connectivity index (χ1) is 16.0. The van der Waals surface area contributed by atoms with Gasteiger partial charge in [-0.1, -0.05) is 29.4 Å². The Labute approximate surface area is 191 Å². The lowest BCUT2D eigenvalue weighted by atomic mass is 9.76. The molecule has 0 spiro atoms. The van der Waals surface area contributed by atoms with E-state index in [0.717, 1.165) is 35.5 Å². The first-order valence-corrected chi connectivity index (χ1v) is 11.4. The molecule has 3 N–H and O–H groups in total. The summed E-state index contributed by atoms with van der Waals surface area (Å²) in [7, 11) is 0. The van der Waals surface area contributed by atoms with Crippen LogP contribution in [0.2, 0.25) is 0 Å². The fourth-order valence-corrected chi connectivity index (χ4v) is 4.81. The van der Waals surface area contributed by atoms with Gasteiger partial charge in [-0.3, -0.25) is 0 Å². The normalized spacial score (nSPS) is 22.7. The van der Waals surface area contributed by atoms with Gasteiger partial charge in [-0.2, -0.15) is 4.98 Å². The summed E-state index contributed by atoms with van der Waals surface area (Å²) in [4.78, 5) is 13.6. The van der Waals surface area contributed by atoms with E-state index in [0.29, 0.717) is 31.0 Å². The van der Waals surface area contributed by atoms with E-state index in [2.05, 4.69) is 56.2 Å². The molecule has 2 unspecified atom stereocenters. The molecule has 1 aliphatic carbocycles. The van der Waals surface area contributed by atoms with Gasteiger partial charge in [-0.05, 0) is 49.3 Å². The highest BCUT2D eigenvalue weighted by Crippen LogP contribution is 2.50. The Bertz CT molecular complexity index is 1230. The number of guanidine groups is 1. The minimum Gasteiger partial charge on any atom is -0.377 e. The minimum absolute atomic E-state index is 0.0117. The molecule has 1 saturated heterocycles. The number of rotatable bonds is 6. The maximum Gasteiger partial charge on any atom is 0.276 e. The van der Waals surface area contributed by atoms with E-state index in [-0.39, 0.29) is 17.5 Å². The van der Waals surface area contributed by atoms with Crippen LogP contribution in [-0.2, 0) is 10.2 Å². The molecule has 170 valence electrons. The van der Waals surface area contributed by atoms with Crippen molar-refractivity contribution in [1.82, 2.24) is 25.0 Å². The van der Waals surface area contributed by atoms with Crippen molar-refractivity contribution < 1.29 is 9.26 Å². The van der Waals surface area contributed by atoms with Crippen LogP contribution in [0, 0.1) is 5.92 Å². The number of nitrogens with zero attached hydrogens (tertiary/aromatic N) is 5. The quantitative estimate of drug-likeness (QED) is 0.599. The Kier molecular flexibility index (Phi) is 4.62. The highest BCUT2D eigenvalue weighted by Gasteiger charge is 2.47. The van der Waals surface area contributed by atoms with Crippen molar-refractivity contribution in [3.05, 3.63) is 59.9 Å². The van der Waals surface area contributed by atoms with E-state index in [1.54, 1.807) is 12.5 Å². The van der Waals surface area contributed by atoms with Gasteiger partial charge < -0.3 is 24.9 Å². The Morgan fingerprint density at radius 1 is 1.18 bits per heavy atom. The molecule has 9 heteroatoms. The molecule has 33 heavy (non-hydrogen) atoms. The molecule has 3 aromatic rings. The van der Waals surface area contributed by atoms with Crippen LogP contribution in [0.5, 0.6) is 0 Å². The minimum atomic E-state index is -0.321. The molecule has 0 amide bonds. The Morgan fingerprint density at radius 3 is 2.64 bits per heavy atom. The molecule has 9 nitrogen and oxygen atoms in total. The summed E-state index contributed by atoms with van der Waals surface area (Å²) < 4.78 is 13.1. The van der Waals surface area contributed by atoms with Crippen LogP contribution in [0.1, 0.15) is 49.7 Å². The summed E-state index contributed by atoms with van der Waals surface area (Å²) in [5.74, 6) is 2.15. The molecule has 2 atom stereocenters. The number of aliphatic imine (C=N–C) groups is 1. The summed E-state index contributed by atoms with van der Waals surface area (Å²) in [6.07, 6.45) is 7.82. The van der Waals surface area contributed by atoms with Crippen molar-refractivity contribution >= 4 is 11.5 Å². The van der Waals surface area contributed by atoms with Crippen molar-refractivity contribution in [2.45, 2.75) is 44.2 Å². The van der Waals surface area contributed by atoms with Gasteiger partial charge in [0, 0.05) is 6.20 Å². The lowest BCUT2D eigenvalue weighted by molar-refractivity contribution is -0.0228. The zero-order valence-electron chi connectivity index (χ0n) is 18.7. The summed E-state index contributed by atoms with van der Waals surface area (Å²) >= 11 is 0. The van der Waals surface area contributed by atoms with E-state index in [4.69, 9.17) is 20.0 Å². The van der Waals surface area contributed by atoms with Gasteiger partial charge in [0.1, 0.15) is 5.69 Å². The van der Waals surface area contributed by atoms with Crippen LogP contribution >= 0.6 is 0 Å². The topological polar surface area (TPSA) is 116 Å². The zero-order valence-corrected chi connectivity index (χ0v) is 18.7. The van der Waals surface area contributed by atoms with Gasteiger partial charge in [0.15, 0.2) is 11.8 Å². The predicted octanol–water partition coefficient (Wildman–Crippen LogP) is 2.87. The predicted molar refractivity (Wildman–Crippen MR) is 123 cm³/mol. The van der Waals surface area contributed by atoms with Crippen LogP contribution in [0.25, 0.3) is 17.2 Å². The van der Waals surface area contributed by atoms with Gasteiger partial charge in [0.2, 0.25) is 0 Å². The summed E-state index contributed by atoms with van der Waals surface area (Å²) in [5, 5.41) is 7.46. The smallest absolute Gasteiger partial charge is 0.276 e. The van der Waals surface area contributed by atoms with Gasteiger partial charge in [-0.15, -0.1) is 0 Å². The molecule has 1 saturated carbocycles. The van der Waals surface area contributed by atoms with Crippen LogP contribution in [0.15, 0.2) is 52.5 Å². The molecule has 4 heterocycles. The molecule has 6 rings (SSSR count). The van der Waals surface area contributed by atoms with Crippen molar-refractivity contribution in [2.75, 3.05) is 13.2 Å². The number of imidazole rings is 1. The summed E-state index contributed by atoms with van der Waals surface area (Å²) in [6.45, 7) is 5.63. The van der Waals surface area contributed by atoms with Crippen LogP contribution in [0.3, 0.4) is 0 Å². The van der Waals surface area contributed by atoms with Gasteiger partial charge in [-0.25, -0.2) is 9.98 Å². The molecule has 1 aromatic carbocycles. The van der Waals surface area contributed by atoms with Crippen LogP contribution < -0.4 is 11.1 Å². The molecular weight excluding hydrogens is 418 g/mol. The summed E-state index contributed by atoms with van der Waals surface area (Å²) in [6, 6.07) is 8.92. The van der Waals surface area contributed by atoms with E-state index in [1.165, 1.54) is 5.56 Å². The first kappa shape index (κ1) is 20.2. The average Bonchev–Trinajstić information content (AvgIpc) is 3.33. The number of ether oxygens (including phenoxy) is 1. The number of hydrogen-bond acceptors (Lipinski definition) is 8. The Balaban J connectivity index is 1.32. The van der Waals surface area contributed by atoms with E-state index in [1.807, 2.05) is 13.1 Å². The highest BCUT2D eigenvalue weighted by atomic mass is 16.5. The lowest BCUT2D eigenvalue weighted by Crippen LogP contribution is -2.33. The third-order valence-electron chi connectivity index (χ3n) is 7.16. The number of nitrogens with one attached hydrogen (secondary N) is 1.